The fourth-order valence-corrected chi connectivity index (χ4v) is 3.85. The van der Waals surface area contributed by atoms with E-state index in [1.165, 1.54) is 24.3 Å². The minimum Gasteiger partial charge on any atom is -0.494 e. The summed E-state index contributed by atoms with van der Waals surface area (Å²) < 4.78 is 30.9. The molecule has 8 nitrogen and oxygen atoms in total. The molecule has 0 saturated heterocycles. The van der Waals surface area contributed by atoms with Crippen LogP contribution in [0.5, 0.6) is 17.2 Å². The quantitative estimate of drug-likeness (QED) is 0.214. The van der Waals surface area contributed by atoms with Crippen LogP contribution >= 0.6 is 15.9 Å². The van der Waals surface area contributed by atoms with Crippen LogP contribution in [-0.2, 0) is 9.59 Å². The van der Waals surface area contributed by atoms with Crippen LogP contribution in [0.15, 0.2) is 70.7 Å². The van der Waals surface area contributed by atoms with Crippen LogP contribution in [0.1, 0.15) is 19.4 Å². The van der Waals surface area contributed by atoms with Gasteiger partial charge in [0.15, 0.2) is 18.1 Å². The summed E-state index contributed by atoms with van der Waals surface area (Å²) in [5, 5.41) is 14.7. The van der Waals surface area contributed by atoms with E-state index in [1.807, 2.05) is 13.0 Å². The normalized spacial score (nSPS) is 10.8. The van der Waals surface area contributed by atoms with Crippen molar-refractivity contribution in [2.24, 2.45) is 0 Å². The highest BCUT2D eigenvalue weighted by Gasteiger charge is 2.16. The van der Waals surface area contributed by atoms with E-state index < -0.39 is 24.2 Å². The van der Waals surface area contributed by atoms with Gasteiger partial charge in [0.25, 0.3) is 11.8 Å². The van der Waals surface area contributed by atoms with E-state index in [-0.39, 0.29) is 22.8 Å². The first-order valence-corrected chi connectivity index (χ1v) is 12.4. The number of carbonyl (C=O) groups is 2. The Hall–Kier alpha value is -4.36. The maximum absolute atomic E-state index is 13.8. The molecule has 2 amide bonds. The number of carbonyl (C=O) groups excluding carboxylic acids is 2. The monoisotopic (exact) mass is 581 g/mol. The summed E-state index contributed by atoms with van der Waals surface area (Å²) >= 11 is 3.40. The third-order valence-electron chi connectivity index (χ3n) is 4.93. The molecule has 2 N–H and O–H groups in total. The number of nitrogens with one attached hydrogen (secondary N) is 2. The standard InChI is InChI=1S/C28H25BrFN3O5/c1-3-36-21-11-9-20(10-12-21)32-28(35)19(16-31)13-18-14-22(29)27(25(15-18)37-4-2)38-17-26(34)33-24-8-6-5-7-23(24)30/h5-15H,3-4,17H2,1-2H3,(H,32,35)(H,33,34)/b19-13+. The van der Waals surface area contributed by atoms with Gasteiger partial charge in [-0.1, -0.05) is 12.1 Å². The lowest BCUT2D eigenvalue weighted by Crippen LogP contribution is -2.21. The summed E-state index contributed by atoms with van der Waals surface area (Å²) in [6.07, 6.45) is 1.41. The fourth-order valence-electron chi connectivity index (χ4n) is 3.28. The molecule has 0 aromatic heterocycles. The summed E-state index contributed by atoms with van der Waals surface area (Å²) in [5.41, 5.74) is 0.902. The molecule has 196 valence electrons. The van der Waals surface area contributed by atoms with Crippen LogP contribution in [0, 0.1) is 17.1 Å². The van der Waals surface area contributed by atoms with Crippen LogP contribution in [0.2, 0.25) is 0 Å². The maximum Gasteiger partial charge on any atom is 0.266 e. The zero-order valence-corrected chi connectivity index (χ0v) is 22.3. The first-order valence-electron chi connectivity index (χ1n) is 11.6. The van der Waals surface area contributed by atoms with E-state index >= 15 is 0 Å². The highest BCUT2D eigenvalue weighted by atomic mass is 79.9. The van der Waals surface area contributed by atoms with Crippen molar-refractivity contribution in [3.05, 3.63) is 82.1 Å². The Morgan fingerprint density at radius 2 is 1.71 bits per heavy atom. The van der Waals surface area contributed by atoms with Gasteiger partial charge >= 0.3 is 0 Å². The van der Waals surface area contributed by atoms with Gasteiger partial charge in [0, 0.05) is 5.69 Å². The second-order valence-corrected chi connectivity index (χ2v) is 8.52. The van der Waals surface area contributed by atoms with Crippen molar-refractivity contribution in [1.82, 2.24) is 0 Å². The molecule has 3 rings (SSSR count). The molecule has 0 fully saturated rings. The van der Waals surface area contributed by atoms with Gasteiger partial charge in [-0.25, -0.2) is 4.39 Å². The number of hydrogen-bond donors (Lipinski definition) is 2. The van der Waals surface area contributed by atoms with Crippen LogP contribution in [-0.4, -0.2) is 31.6 Å². The Bertz CT molecular complexity index is 1370. The number of halogens is 2. The molecule has 0 unspecified atom stereocenters. The molecule has 0 spiro atoms. The Balaban J connectivity index is 1.75. The van der Waals surface area contributed by atoms with Crippen molar-refractivity contribution in [3.63, 3.8) is 0 Å². The molecule has 0 atom stereocenters. The van der Waals surface area contributed by atoms with Gasteiger partial charge in [-0.05, 0) is 89.9 Å². The van der Waals surface area contributed by atoms with Crippen LogP contribution in [0.25, 0.3) is 6.08 Å². The van der Waals surface area contributed by atoms with Gasteiger partial charge in [-0.15, -0.1) is 0 Å². The predicted molar refractivity (Wildman–Crippen MR) is 146 cm³/mol. The van der Waals surface area contributed by atoms with Crippen molar-refractivity contribution in [2.45, 2.75) is 13.8 Å². The number of ether oxygens (including phenoxy) is 3. The third-order valence-corrected chi connectivity index (χ3v) is 5.52. The lowest BCUT2D eigenvalue weighted by molar-refractivity contribution is -0.118. The summed E-state index contributed by atoms with van der Waals surface area (Å²) in [4.78, 5) is 25.0. The molecule has 0 aliphatic carbocycles. The van der Waals surface area contributed by atoms with Gasteiger partial charge in [-0.2, -0.15) is 5.26 Å². The summed E-state index contributed by atoms with van der Waals surface area (Å²) in [6, 6.07) is 17.7. The number of nitrogens with zero attached hydrogens (tertiary/aromatic N) is 1. The Morgan fingerprint density at radius 1 is 1.00 bits per heavy atom. The number of anilines is 2. The van der Waals surface area contributed by atoms with Gasteiger partial charge in [0.2, 0.25) is 0 Å². The molecule has 0 aliphatic heterocycles. The average Bonchev–Trinajstić information content (AvgIpc) is 2.89. The third kappa shape index (κ3) is 7.82. The first kappa shape index (κ1) is 28.2. The zero-order valence-electron chi connectivity index (χ0n) is 20.7. The summed E-state index contributed by atoms with van der Waals surface area (Å²) in [7, 11) is 0. The summed E-state index contributed by atoms with van der Waals surface area (Å²) in [5.74, 6) is -0.516. The first-order chi connectivity index (χ1) is 18.3. The van der Waals surface area contributed by atoms with Crippen molar-refractivity contribution in [1.29, 1.82) is 5.26 Å². The molecule has 3 aromatic rings. The van der Waals surface area contributed by atoms with Gasteiger partial charge in [0.1, 0.15) is 23.2 Å². The van der Waals surface area contributed by atoms with Crippen LogP contribution in [0.4, 0.5) is 15.8 Å². The van der Waals surface area contributed by atoms with E-state index in [1.54, 1.807) is 49.4 Å². The smallest absolute Gasteiger partial charge is 0.266 e. The lowest BCUT2D eigenvalue weighted by atomic mass is 10.1. The van der Waals surface area contributed by atoms with Crippen molar-refractivity contribution in [3.8, 4) is 23.3 Å². The molecule has 10 heteroatoms. The van der Waals surface area contributed by atoms with E-state index in [0.29, 0.717) is 34.7 Å². The van der Waals surface area contributed by atoms with Gasteiger partial charge in [0.05, 0.1) is 23.4 Å². The SMILES string of the molecule is CCOc1ccc(NC(=O)/C(C#N)=C/c2cc(Br)c(OCC(=O)Nc3ccccc3F)c(OCC)c2)cc1. The Morgan fingerprint density at radius 3 is 2.37 bits per heavy atom. The number of amides is 2. The van der Waals surface area contributed by atoms with Gasteiger partial charge in [-0.3, -0.25) is 9.59 Å². The largest absolute Gasteiger partial charge is 0.494 e. The second-order valence-electron chi connectivity index (χ2n) is 7.66. The number of nitriles is 1. The van der Waals surface area contributed by atoms with E-state index in [9.17, 15) is 19.2 Å². The topological polar surface area (TPSA) is 110 Å². The van der Waals surface area contributed by atoms with E-state index in [0.717, 1.165) is 0 Å². The molecular formula is C28H25BrFN3O5. The minimum atomic E-state index is -0.587. The maximum atomic E-state index is 13.8. The molecule has 0 radical (unpaired) electrons. The Kier molecular flexibility index (Phi) is 10.3. The van der Waals surface area contributed by atoms with Crippen LogP contribution in [0.3, 0.4) is 0 Å². The van der Waals surface area contributed by atoms with Crippen molar-refractivity contribution < 1.29 is 28.2 Å². The molecular weight excluding hydrogens is 557 g/mol. The molecule has 0 saturated carbocycles. The molecule has 0 aliphatic rings. The highest BCUT2D eigenvalue weighted by molar-refractivity contribution is 9.10. The predicted octanol–water partition coefficient (Wildman–Crippen LogP) is 5.95. The minimum absolute atomic E-state index is 0.0400. The second kappa shape index (κ2) is 13.8. The Labute approximate surface area is 228 Å². The number of rotatable bonds is 11. The van der Waals surface area contributed by atoms with Crippen LogP contribution < -0.4 is 24.8 Å². The zero-order chi connectivity index (χ0) is 27.5. The number of hydrogen-bond acceptors (Lipinski definition) is 6. The van der Waals surface area contributed by atoms with E-state index in [4.69, 9.17) is 14.2 Å². The molecule has 3 aromatic carbocycles. The number of benzene rings is 3. The highest BCUT2D eigenvalue weighted by Crippen LogP contribution is 2.37. The van der Waals surface area contributed by atoms with Gasteiger partial charge < -0.3 is 24.8 Å². The summed E-state index contributed by atoms with van der Waals surface area (Å²) in [6.45, 7) is 4.06. The number of para-hydroxylation sites is 1. The molecule has 0 heterocycles. The van der Waals surface area contributed by atoms with Crippen molar-refractivity contribution in [2.75, 3.05) is 30.5 Å². The molecule has 38 heavy (non-hydrogen) atoms. The lowest BCUT2D eigenvalue weighted by Gasteiger charge is -2.15. The molecule has 0 bridgehead atoms. The fraction of sp³-hybridized carbons (Fsp3) is 0.179. The average molecular weight is 582 g/mol. The van der Waals surface area contributed by atoms with E-state index in [2.05, 4.69) is 26.6 Å². The van der Waals surface area contributed by atoms with Crippen molar-refractivity contribution >= 4 is 45.2 Å².